The third-order valence-electron chi connectivity index (χ3n) is 3.93. The van der Waals surface area contributed by atoms with Gasteiger partial charge in [-0.3, -0.25) is 4.90 Å². The Bertz CT molecular complexity index is 432. The van der Waals surface area contributed by atoms with Crippen molar-refractivity contribution in [1.82, 2.24) is 10.2 Å². The molecule has 1 aromatic rings. The minimum Gasteiger partial charge on any atom is -0.314 e. The van der Waals surface area contributed by atoms with Crippen molar-refractivity contribution in [3.63, 3.8) is 0 Å². The molecule has 1 saturated heterocycles. The van der Waals surface area contributed by atoms with Crippen molar-refractivity contribution < 1.29 is 0 Å². The second kappa shape index (κ2) is 5.38. The van der Waals surface area contributed by atoms with Gasteiger partial charge in [-0.2, -0.15) is 0 Å². The van der Waals surface area contributed by atoms with Crippen LogP contribution in [0.15, 0.2) is 18.2 Å². The minimum absolute atomic E-state index is 0.638. The normalized spacial score (nSPS) is 25.3. The lowest BCUT2D eigenvalue weighted by molar-refractivity contribution is 0.135. The molecule has 1 heterocycles. The molecule has 0 aromatic heterocycles. The van der Waals surface area contributed by atoms with E-state index in [-0.39, 0.29) is 0 Å². The molecule has 0 bridgehead atoms. The maximum Gasteiger partial charge on any atom is 0.0595 e. The van der Waals surface area contributed by atoms with Gasteiger partial charge in [-0.25, -0.2) is 0 Å². The van der Waals surface area contributed by atoms with E-state index in [2.05, 4.69) is 16.3 Å². The maximum atomic E-state index is 6.08. The highest BCUT2D eigenvalue weighted by Gasteiger charge is 2.36. The summed E-state index contributed by atoms with van der Waals surface area (Å²) < 4.78 is 0. The van der Waals surface area contributed by atoms with Crippen molar-refractivity contribution in [2.24, 2.45) is 5.92 Å². The summed E-state index contributed by atoms with van der Waals surface area (Å²) in [7, 11) is 0. The van der Waals surface area contributed by atoms with Crippen molar-refractivity contribution in [3.8, 4) is 0 Å². The van der Waals surface area contributed by atoms with E-state index in [0.717, 1.165) is 32.1 Å². The second-order valence-electron chi connectivity index (χ2n) is 5.33. The average molecular weight is 285 g/mol. The summed E-state index contributed by atoms with van der Waals surface area (Å²) in [6.07, 6.45) is 2.79. The number of nitrogens with one attached hydrogen (secondary N) is 1. The van der Waals surface area contributed by atoms with E-state index in [1.807, 2.05) is 12.1 Å². The fourth-order valence-corrected chi connectivity index (χ4v) is 3.10. The lowest BCUT2D eigenvalue weighted by Gasteiger charge is -2.36. The van der Waals surface area contributed by atoms with Gasteiger partial charge in [-0.1, -0.05) is 29.3 Å². The van der Waals surface area contributed by atoms with Gasteiger partial charge in [-0.15, -0.1) is 0 Å². The molecule has 1 aliphatic heterocycles. The van der Waals surface area contributed by atoms with Crippen molar-refractivity contribution in [3.05, 3.63) is 33.8 Å². The van der Waals surface area contributed by atoms with Crippen molar-refractivity contribution >= 4 is 23.2 Å². The first kappa shape index (κ1) is 12.7. The summed E-state index contributed by atoms with van der Waals surface area (Å²) in [6, 6.07) is 6.68. The van der Waals surface area contributed by atoms with Crippen LogP contribution in [0.25, 0.3) is 0 Å². The highest BCUT2D eigenvalue weighted by molar-refractivity contribution is 6.42. The highest BCUT2D eigenvalue weighted by atomic mass is 35.5. The number of benzene rings is 1. The Morgan fingerprint density at radius 1 is 1.22 bits per heavy atom. The zero-order chi connectivity index (χ0) is 12.5. The first-order valence-corrected chi connectivity index (χ1v) is 7.38. The molecule has 1 N–H and O–H groups in total. The Balaban J connectivity index is 1.71. The summed E-state index contributed by atoms with van der Waals surface area (Å²) >= 11 is 12.0. The van der Waals surface area contributed by atoms with E-state index in [1.165, 1.54) is 18.4 Å². The van der Waals surface area contributed by atoms with E-state index in [4.69, 9.17) is 23.2 Å². The van der Waals surface area contributed by atoms with Gasteiger partial charge in [-0.05, 0) is 36.5 Å². The average Bonchev–Trinajstić information content (AvgIpc) is 3.19. The molecule has 1 saturated carbocycles. The zero-order valence-corrected chi connectivity index (χ0v) is 11.8. The highest BCUT2D eigenvalue weighted by Crippen LogP contribution is 2.36. The molecule has 4 heteroatoms. The van der Waals surface area contributed by atoms with E-state index in [0.29, 0.717) is 16.1 Å². The second-order valence-corrected chi connectivity index (χ2v) is 6.14. The predicted molar refractivity (Wildman–Crippen MR) is 76.3 cm³/mol. The molecule has 1 aromatic carbocycles. The van der Waals surface area contributed by atoms with Crippen molar-refractivity contribution in [2.45, 2.75) is 25.4 Å². The molecule has 18 heavy (non-hydrogen) atoms. The molecule has 0 radical (unpaired) electrons. The zero-order valence-electron chi connectivity index (χ0n) is 10.3. The van der Waals surface area contributed by atoms with Crippen LogP contribution in [-0.4, -0.2) is 30.6 Å². The summed E-state index contributed by atoms with van der Waals surface area (Å²) in [4.78, 5) is 2.59. The van der Waals surface area contributed by atoms with Crippen LogP contribution in [0.4, 0.5) is 0 Å². The number of halogens is 2. The summed E-state index contributed by atoms with van der Waals surface area (Å²) in [5.41, 5.74) is 1.26. The van der Waals surface area contributed by atoms with Crippen LogP contribution in [0.1, 0.15) is 18.4 Å². The Morgan fingerprint density at radius 2 is 2.06 bits per heavy atom. The maximum absolute atomic E-state index is 6.08. The fourth-order valence-electron chi connectivity index (χ4n) is 2.78. The summed E-state index contributed by atoms with van der Waals surface area (Å²) in [6.45, 7) is 4.33. The van der Waals surface area contributed by atoms with E-state index in [9.17, 15) is 0 Å². The standard InChI is InChI=1S/C14H18Cl2N2/c15-12-4-1-10(7-13(12)16)9-18-6-5-17-8-14(18)11-2-3-11/h1,4,7,11,14,17H,2-3,5-6,8-9H2. The number of rotatable bonds is 3. The molecule has 0 amide bonds. The van der Waals surface area contributed by atoms with Crippen LogP contribution in [0.3, 0.4) is 0 Å². The third kappa shape index (κ3) is 2.83. The molecule has 2 fully saturated rings. The van der Waals surface area contributed by atoms with Crippen molar-refractivity contribution in [2.75, 3.05) is 19.6 Å². The van der Waals surface area contributed by atoms with Crippen LogP contribution < -0.4 is 5.32 Å². The van der Waals surface area contributed by atoms with E-state index in [1.54, 1.807) is 0 Å². The van der Waals surface area contributed by atoms with Gasteiger partial charge < -0.3 is 5.32 Å². The van der Waals surface area contributed by atoms with Gasteiger partial charge >= 0.3 is 0 Å². The van der Waals surface area contributed by atoms with Crippen LogP contribution in [0.5, 0.6) is 0 Å². The molecular weight excluding hydrogens is 267 g/mol. The molecule has 98 valence electrons. The number of piperazine rings is 1. The molecule has 2 aliphatic rings. The van der Waals surface area contributed by atoms with Crippen molar-refractivity contribution in [1.29, 1.82) is 0 Å². The third-order valence-corrected chi connectivity index (χ3v) is 4.67. The minimum atomic E-state index is 0.638. The van der Waals surface area contributed by atoms with Gasteiger partial charge in [0.2, 0.25) is 0 Å². The smallest absolute Gasteiger partial charge is 0.0595 e. The number of hydrogen-bond acceptors (Lipinski definition) is 2. The number of hydrogen-bond donors (Lipinski definition) is 1. The van der Waals surface area contributed by atoms with Gasteiger partial charge in [0.15, 0.2) is 0 Å². The molecule has 3 rings (SSSR count). The van der Waals surface area contributed by atoms with Gasteiger partial charge in [0.1, 0.15) is 0 Å². The molecular formula is C14H18Cl2N2. The van der Waals surface area contributed by atoms with Gasteiger partial charge in [0.05, 0.1) is 10.0 Å². The molecule has 1 atom stereocenters. The Kier molecular flexibility index (Phi) is 3.81. The lowest BCUT2D eigenvalue weighted by Crippen LogP contribution is -2.51. The quantitative estimate of drug-likeness (QED) is 0.917. The largest absolute Gasteiger partial charge is 0.314 e. The van der Waals surface area contributed by atoms with E-state index < -0.39 is 0 Å². The van der Waals surface area contributed by atoms with Gasteiger partial charge in [0, 0.05) is 32.2 Å². The van der Waals surface area contributed by atoms with Crippen LogP contribution >= 0.6 is 23.2 Å². The Labute approximate surface area is 118 Å². The predicted octanol–water partition coefficient (Wildman–Crippen LogP) is 3.18. The van der Waals surface area contributed by atoms with Crippen LogP contribution in [0.2, 0.25) is 10.0 Å². The Morgan fingerprint density at radius 3 is 2.78 bits per heavy atom. The van der Waals surface area contributed by atoms with Crippen LogP contribution in [-0.2, 0) is 6.54 Å². The van der Waals surface area contributed by atoms with E-state index >= 15 is 0 Å². The fraction of sp³-hybridized carbons (Fsp3) is 0.571. The molecule has 1 unspecified atom stereocenters. The lowest BCUT2D eigenvalue weighted by atomic mass is 10.1. The molecule has 1 aliphatic carbocycles. The first-order valence-electron chi connectivity index (χ1n) is 6.63. The van der Waals surface area contributed by atoms with Gasteiger partial charge in [0.25, 0.3) is 0 Å². The summed E-state index contributed by atoms with van der Waals surface area (Å²) in [5.74, 6) is 0.903. The van der Waals surface area contributed by atoms with Crippen LogP contribution in [0, 0.1) is 5.92 Å². The monoisotopic (exact) mass is 284 g/mol. The first-order chi connectivity index (χ1) is 8.74. The number of nitrogens with zero attached hydrogens (tertiary/aromatic N) is 1. The summed E-state index contributed by atoms with van der Waals surface area (Å²) in [5, 5.41) is 4.80. The Hall–Kier alpha value is -0.280. The SMILES string of the molecule is Clc1ccc(CN2CCNCC2C2CC2)cc1Cl. The molecule has 2 nitrogen and oxygen atoms in total. The molecule has 0 spiro atoms. The topological polar surface area (TPSA) is 15.3 Å².